The van der Waals surface area contributed by atoms with Crippen LogP contribution >= 0.6 is 0 Å². The molecule has 1 saturated carbocycles. The molecule has 0 unspecified atom stereocenters. The van der Waals surface area contributed by atoms with Crippen LogP contribution in [0.15, 0.2) is 18.2 Å². The van der Waals surface area contributed by atoms with Gasteiger partial charge in [-0.25, -0.2) is 0 Å². The molecule has 1 nitrogen and oxygen atoms in total. The molecule has 1 fully saturated rings. The maximum Gasteiger partial charge on any atom is 0.119 e. The Labute approximate surface area is 65.7 Å². The molecule has 0 spiro atoms. The number of benzene rings is 1. The van der Waals surface area contributed by atoms with Crippen molar-refractivity contribution in [1.82, 2.24) is 0 Å². The highest BCUT2D eigenvalue weighted by Gasteiger charge is 2.46. The molecule has 11 heavy (non-hydrogen) atoms. The molecule has 2 aliphatic rings. The van der Waals surface area contributed by atoms with Crippen LogP contribution < -0.4 is 0 Å². The average molecular weight is 146 g/mol. The first-order valence-corrected chi connectivity index (χ1v) is 4.17. The first-order chi connectivity index (χ1) is 5.36. The maximum atomic E-state index is 9.53. The molecule has 0 amide bonds. The molecule has 1 aromatic carbocycles. The van der Waals surface area contributed by atoms with Gasteiger partial charge in [0.15, 0.2) is 0 Å². The van der Waals surface area contributed by atoms with Crippen molar-refractivity contribution >= 4 is 0 Å². The molecule has 1 aromatic rings. The summed E-state index contributed by atoms with van der Waals surface area (Å²) < 4.78 is 0. The summed E-state index contributed by atoms with van der Waals surface area (Å²) in [5, 5.41) is 9.53. The number of rotatable bonds is 0. The molecule has 3 rings (SSSR count). The Kier molecular flexibility index (Phi) is 0.823. The van der Waals surface area contributed by atoms with Gasteiger partial charge in [-0.3, -0.25) is 0 Å². The van der Waals surface area contributed by atoms with Gasteiger partial charge in [-0.2, -0.15) is 0 Å². The van der Waals surface area contributed by atoms with Crippen LogP contribution in [0.5, 0.6) is 5.75 Å². The van der Waals surface area contributed by atoms with Crippen molar-refractivity contribution in [2.24, 2.45) is 5.92 Å². The van der Waals surface area contributed by atoms with Gasteiger partial charge in [0.05, 0.1) is 0 Å². The molecule has 56 valence electrons. The smallest absolute Gasteiger partial charge is 0.119 e. The molecule has 1 heteroatoms. The van der Waals surface area contributed by atoms with Gasteiger partial charge in [0.25, 0.3) is 0 Å². The van der Waals surface area contributed by atoms with Crippen LogP contribution in [0.3, 0.4) is 0 Å². The Morgan fingerprint density at radius 2 is 2.27 bits per heavy atom. The lowest BCUT2D eigenvalue weighted by Gasteiger charge is -2.03. The number of phenols is 1. The maximum absolute atomic E-state index is 9.53. The SMILES string of the molecule is Oc1cccc2c1[C@@H]1C[C@@H]1C2. The summed E-state index contributed by atoms with van der Waals surface area (Å²) in [5.41, 5.74) is 2.63. The number of hydrogen-bond donors (Lipinski definition) is 1. The average Bonchev–Trinajstić information content (AvgIpc) is 2.62. The van der Waals surface area contributed by atoms with E-state index in [1.807, 2.05) is 6.07 Å². The molecule has 0 bridgehead atoms. The minimum Gasteiger partial charge on any atom is -0.508 e. The second-order valence-electron chi connectivity index (χ2n) is 3.66. The first kappa shape index (κ1) is 5.64. The lowest BCUT2D eigenvalue weighted by Crippen LogP contribution is -1.85. The van der Waals surface area contributed by atoms with E-state index in [4.69, 9.17) is 0 Å². The van der Waals surface area contributed by atoms with Crippen molar-refractivity contribution in [2.75, 3.05) is 0 Å². The van der Waals surface area contributed by atoms with Crippen LogP contribution in [0.2, 0.25) is 0 Å². The van der Waals surface area contributed by atoms with E-state index in [1.165, 1.54) is 24.0 Å². The van der Waals surface area contributed by atoms with Gasteiger partial charge in [0, 0.05) is 5.56 Å². The van der Waals surface area contributed by atoms with Crippen molar-refractivity contribution in [1.29, 1.82) is 0 Å². The summed E-state index contributed by atoms with van der Waals surface area (Å²) in [4.78, 5) is 0. The van der Waals surface area contributed by atoms with E-state index in [9.17, 15) is 5.11 Å². The number of hydrogen-bond acceptors (Lipinski definition) is 1. The standard InChI is InChI=1S/C10H10O/c11-9-3-1-2-6-4-7-5-8(7)10(6)9/h1-3,7-8,11H,4-5H2/t7-,8+/m0/s1. The Bertz CT molecular complexity index is 317. The third kappa shape index (κ3) is 0.609. The predicted octanol–water partition coefficient (Wildman–Crippen LogP) is 2.05. The van der Waals surface area contributed by atoms with Crippen molar-refractivity contribution < 1.29 is 5.11 Å². The lowest BCUT2D eigenvalue weighted by molar-refractivity contribution is 0.468. The van der Waals surface area contributed by atoms with Gasteiger partial charge in [-0.15, -0.1) is 0 Å². The normalized spacial score (nSPS) is 31.3. The van der Waals surface area contributed by atoms with Crippen LogP contribution in [0.25, 0.3) is 0 Å². The molecule has 0 aromatic heterocycles. The zero-order chi connectivity index (χ0) is 7.42. The van der Waals surface area contributed by atoms with Crippen molar-refractivity contribution in [3.05, 3.63) is 29.3 Å². The van der Waals surface area contributed by atoms with Crippen molar-refractivity contribution in [2.45, 2.75) is 18.8 Å². The second-order valence-corrected chi connectivity index (χ2v) is 3.66. The van der Waals surface area contributed by atoms with Crippen molar-refractivity contribution in [3.8, 4) is 5.75 Å². The van der Waals surface area contributed by atoms with Gasteiger partial charge in [-0.1, -0.05) is 12.1 Å². The molecule has 0 aliphatic heterocycles. The largest absolute Gasteiger partial charge is 0.508 e. The second kappa shape index (κ2) is 1.60. The van der Waals surface area contributed by atoms with Crippen LogP contribution in [0.1, 0.15) is 23.5 Å². The van der Waals surface area contributed by atoms with E-state index >= 15 is 0 Å². The topological polar surface area (TPSA) is 20.2 Å². The van der Waals surface area contributed by atoms with Crippen LogP contribution in [-0.4, -0.2) is 5.11 Å². The van der Waals surface area contributed by atoms with Crippen LogP contribution in [0, 0.1) is 5.92 Å². The molecular formula is C10H10O. The van der Waals surface area contributed by atoms with Gasteiger partial charge < -0.3 is 5.11 Å². The van der Waals surface area contributed by atoms with E-state index < -0.39 is 0 Å². The molecule has 2 aliphatic carbocycles. The molecule has 2 atom stereocenters. The zero-order valence-electron chi connectivity index (χ0n) is 6.25. The van der Waals surface area contributed by atoms with E-state index in [2.05, 4.69) is 6.07 Å². The van der Waals surface area contributed by atoms with E-state index in [1.54, 1.807) is 6.07 Å². The molecule has 1 N–H and O–H groups in total. The quantitative estimate of drug-likeness (QED) is 0.594. The zero-order valence-corrected chi connectivity index (χ0v) is 6.25. The van der Waals surface area contributed by atoms with Crippen LogP contribution in [0.4, 0.5) is 0 Å². The Balaban J connectivity index is 2.25. The molecule has 0 radical (unpaired) electrons. The fraction of sp³-hybridized carbons (Fsp3) is 0.400. The van der Waals surface area contributed by atoms with Gasteiger partial charge >= 0.3 is 0 Å². The third-order valence-corrected chi connectivity index (χ3v) is 2.95. The number of phenolic OH excluding ortho intramolecular Hbond substituents is 1. The van der Waals surface area contributed by atoms with Gasteiger partial charge in [0.1, 0.15) is 5.75 Å². The predicted molar refractivity (Wildman–Crippen MR) is 42.7 cm³/mol. The first-order valence-electron chi connectivity index (χ1n) is 4.17. The van der Waals surface area contributed by atoms with Gasteiger partial charge in [-0.05, 0) is 36.3 Å². The molecule has 0 heterocycles. The fourth-order valence-corrected chi connectivity index (χ4v) is 2.31. The fourth-order valence-electron chi connectivity index (χ4n) is 2.31. The Morgan fingerprint density at radius 3 is 3.09 bits per heavy atom. The summed E-state index contributed by atoms with van der Waals surface area (Å²) >= 11 is 0. The Morgan fingerprint density at radius 1 is 1.36 bits per heavy atom. The minimum atomic E-state index is 0.521. The highest BCUT2D eigenvalue weighted by Crippen LogP contribution is 2.58. The van der Waals surface area contributed by atoms with E-state index in [0.717, 1.165) is 5.92 Å². The van der Waals surface area contributed by atoms with E-state index in [0.29, 0.717) is 11.7 Å². The summed E-state index contributed by atoms with van der Waals surface area (Å²) in [5.74, 6) is 2.11. The Hall–Kier alpha value is -0.980. The monoisotopic (exact) mass is 146 g/mol. The molecular weight excluding hydrogens is 136 g/mol. The minimum absolute atomic E-state index is 0.521. The van der Waals surface area contributed by atoms with Crippen LogP contribution in [-0.2, 0) is 6.42 Å². The lowest BCUT2D eigenvalue weighted by atomic mass is 10.1. The third-order valence-electron chi connectivity index (χ3n) is 2.95. The summed E-state index contributed by atoms with van der Waals surface area (Å²) in [6.45, 7) is 0. The number of aromatic hydroxyl groups is 1. The summed E-state index contributed by atoms with van der Waals surface area (Å²) in [6.07, 6.45) is 2.51. The molecule has 0 saturated heterocycles. The highest BCUT2D eigenvalue weighted by atomic mass is 16.3. The highest BCUT2D eigenvalue weighted by molar-refractivity contribution is 5.49. The van der Waals surface area contributed by atoms with Gasteiger partial charge in [0.2, 0.25) is 0 Å². The summed E-state index contributed by atoms with van der Waals surface area (Å²) in [6, 6.07) is 5.89. The van der Waals surface area contributed by atoms with E-state index in [-0.39, 0.29) is 0 Å². The van der Waals surface area contributed by atoms with Crippen molar-refractivity contribution in [3.63, 3.8) is 0 Å². The number of fused-ring (bicyclic) bond motifs is 3. The summed E-state index contributed by atoms with van der Waals surface area (Å²) in [7, 11) is 0.